The van der Waals surface area contributed by atoms with Gasteiger partial charge in [-0.2, -0.15) is 0 Å². The first-order valence-electron chi connectivity index (χ1n) is 7.46. The van der Waals surface area contributed by atoms with Crippen LogP contribution in [-0.4, -0.2) is 45.2 Å². The Morgan fingerprint density at radius 2 is 1.70 bits per heavy atom. The molecule has 0 spiro atoms. The summed E-state index contributed by atoms with van der Waals surface area (Å²) in [5.74, 6) is 7.91. The van der Waals surface area contributed by atoms with Crippen molar-refractivity contribution >= 4 is 11.8 Å². The molecule has 0 fully saturated rings. The van der Waals surface area contributed by atoms with Gasteiger partial charge in [0.1, 0.15) is 0 Å². The minimum Gasteiger partial charge on any atom is -0.336 e. The summed E-state index contributed by atoms with van der Waals surface area (Å²) in [6, 6.07) is 0. The summed E-state index contributed by atoms with van der Waals surface area (Å²) >= 11 is 1.69. The second-order valence-electron chi connectivity index (χ2n) is 6.12. The van der Waals surface area contributed by atoms with Crippen LogP contribution in [-0.2, 0) is 5.41 Å². The summed E-state index contributed by atoms with van der Waals surface area (Å²) in [5, 5.41) is 9.22. The SMILES string of the molecule is CCCN(CCC)CCSc1nnc(C(C)(C)C)n1N. The maximum absolute atomic E-state index is 6.08. The van der Waals surface area contributed by atoms with Gasteiger partial charge in [0, 0.05) is 17.7 Å². The molecular weight excluding hydrogens is 270 g/mol. The van der Waals surface area contributed by atoms with E-state index in [0.29, 0.717) is 0 Å². The fourth-order valence-electron chi connectivity index (χ4n) is 2.12. The Bertz CT molecular complexity index is 391. The smallest absolute Gasteiger partial charge is 0.209 e. The minimum absolute atomic E-state index is 0.0724. The molecule has 0 radical (unpaired) electrons. The summed E-state index contributed by atoms with van der Waals surface area (Å²) in [7, 11) is 0. The number of hydrogen-bond acceptors (Lipinski definition) is 5. The third-order valence-corrected chi connectivity index (χ3v) is 3.98. The van der Waals surface area contributed by atoms with Gasteiger partial charge >= 0.3 is 0 Å². The minimum atomic E-state index is -0.0724. The summed E-state index contributed by atoms with van der Waals surface area (Å²) in [6.07, 6.45) is 2.40. The normalized spacial score (nSPS) is 12.3. The molecule has 1 aromatic rings. The molecule has 6 heteroatoms. The van der Waals surface area contributed by atoms with E-state index in [2.05, 4.69) is 49.7 Å². The molecule has 0 aliphatic carbocycles. The second kappa shape index (κ2) is 7.88. The van der Waals surface area contributed by atoms with Crippen molar-refractivity contribution in [1.82, 2.24) is 19.8 Å². The fraction of sp³-hybridized carbons (Fsp3) is 0.857. The molecule has 0 saturated carbocycles. The first-order valence-corrected chi connectivity index (χ1v) is 8.44. The number of nitrogens with zero attached hydrogens (tertiary/aromatic N) is 4. The van der Waals surface area contributed by atoms with Gasteiger partial charge < -0.3 is 10.7 Å². The number of aromatic nitrogens is 3. The molecule has 116 valence electrons. The number of nitrogens with two attached hydrogens (primary N) is 1. The van der Waals surface area contributed by atoms with E-state index in [1.165, 1.54) is 12.8 Å². The van der Waals surface area contributed by atoms with Crippen LogP contribution in [0.15, 0.2) is 5.16 Å². The van der Waals surface area contributed by atoms with E-state index in [1.807, 2.05) is 0 Å². The Balaban J connectivity index is 2.52. The maximum Gasteiger partial charge on any atom is 0.209 e. The van der Waals surface area contributed by atoms with Crippen molar-refractivity contribution in [2.24, 2.45) is 0 Å². The lowest BCUT2D eigenvalue weighted by molar-refractivity contribution is 0.292. The first-order chi connectivity index (χ1) is 9.40. The molecule has 0 bridgehead atoms. The largest absolute Gasteiger partial charge is 0.336 e. The highest BCUT2D eigenvalue weighted by atomic mass is 32.2. The van der Waals surface area contributed by atoms with Gasteiger partial charge in [-0.15, -0.1) is 10.2 Å². The van der Waals surface area contributed by atoms with Crippen LogP contribution >= 0.6 is 11.8 Å². The van der Waals surface area contributed by atoms with Gasteiger partial charge in [-0.1, -0.05) is 46.4 Å². The molecule has 0 aromatic carbocycles. The van der Waals surface area contributed by atoms with E-state index < -0.39 is 0 Å². The number of rotatable bonds is 8. The molecule has 0 amide bonds. The molecule has 0 unspecified atom stereocenters. The molecule has 1 aromatic heterocycles. The standard InChI is InChI=1S/C14H29N5S/c1-6-8-18(9-7-2)10-11-20-13-17-16-12(19(13)15)14(3,4)5/h6-11,15H2,1-5H3. The molecule has 1 heterocycles. The van der Waals surface area contributed by atoms with E-state index in [0.717, 1.165) is 36.4 Å². The highest BCUT2D eigenvalue weighted by Gasteiger charge is 2.22. The number of thioether (sulfide) groups is 1. The van der Waals surface area contributed by atoms with Crippen LogP contribution in [0.25, 0.3) is 0 Å². The average Bonchev–Trinajstić information content (AvgIpc) is 2.71. The molecule has 5 nitrogen and oxygen atoms in total. The zero-order chi connectivity index (χ0) is 15.2. The van der Waals surface area contributed by atoms with Crippen LogP contribution < -0.4 is 5.84 Å². The van der Waals surface area contributed by atoms with E-state index in [-0.39, 0.29) is 5.41 Å². The van der Waals surface area contributed by atoms with Crippen molar-refractivity contribution < 1.29 is 0 Å². The summed E-state index contributed by atoms with van der Waals surface area (Å²) < 4.78 is 1.63. The van der Waals surface area contributed by atoms with Crippen LogP contribution in [0, 0.1) is 0 Å². The van der Waals surface area contributed by atoms with Crippen molar-refractivity contribution in [3.8, 4) is 0 Å². The molecule has 0 aliphatic rings. The Kier molecular flexibility index (Phi) is 6.82. The number of hydrogen-bond donors (Lipinski definition) is 1. The van der Waals surface area contributed by atoms with E-state index in [1.54, 1.807) is 16.4 Å². The van der Waals surface area contributed by atoms with E-state index >= 15 is 0 Å². The van der Waals surface area contributed by atoms with Gasteiger partial charge in [0.2, 0.25) is 5.16 Å². The van der Waals surface area contributed by atoms with Gasteiger partial charge in [0.15, 0.2) is 5.82 Å². The maximum atomic E-state index is 6.08. The first kappa shape index (κ1) is 17.3. The monoisotopic (exact) mass is 299 g/mol. The fourth-order valence-corrected chi connectivity index (χ4v) is 2.98. The predicted octanol–water partition coefficient (Wildman–Crippen LogP) is 2.50. The molecular formula is C14H29N5S. The van der Waals surface area contributed by atoms with Crippen LogP contribution in [0.3, 0.4) is 0 Å². The molecule has 1 rings (SSSR count). The lowest BCUT2D eigenvalue weighted by Gasteiger charge is -2.20. The quantitative estimate of drug-likeness (QED) is 0.590. The molecule has 20 heavy (non-hydrogen) atoms. The second-order valence-corrected chi connectivity index (χ2v) is 7.18. The third-order valence-electron chi connectivity index (χ3n) is 3.05. The predicted molar refractivity (Wildman–Crippen MR) is 86.6 cm³/mol. The molecule has 0 aliphatic heterocycles. The molecule has 0 saturated heterocycles. The Hall–Kier alpha value is -0.750. The lowest BCUT2D eigenvalue weighted by Crippen LogP contribution is -2.28. The van der Waals surface area contributed by atoms with Crippen LogP contribution in [0.1, 0.15) is 53.3 Å². The lowest BCUT2D eigenvalue weighted by atomic mass is 9.96. The van der Waals surface area contributed by atoms with E-state index in [9.17, 15) is 0 Å². The average molecular weight is 299 g/mol. The van der Waals surface area contributed by atoms with Gasteiger partial charge in [-0.3, -0.25) is 0 Å². The highest BCUT2D eigenvalue weighted by Crippen LogP contribution is 2.23. The van der Waals surface area contributed by atoms with Crippen molar-refractivity contribution in [3.63, 3.8) is 0 Å². The van der Waals surface area contributed by atoms with Gasteiger partial charge in [0.25, 0.3) is 0 Å². The Morgan fingerprint density at radius 1 is 1.10 bits per heavy atom. The van der Waals surface area contributed by atoms with Gasteiger partial charge in [-0.25, -0.2) is 4.68 Å². The van der Waals surface area contributed by atoms with Crippen molar-refractivity contribution in [2.75, 3.05) is 31.2 Å². The summed E-state index contributed by atoms with van der Waals surface area (Å²) in [4.78, 5) is 2.49. The van der Waals surface area contributed by atoms with E-state index in [4.69, 9.17) is 5.84 Å². The van der Waals surface area contributed by atoms with Crippen molar-refractivity contribution in [1.29, 1.82) is 0 Å². The Morgan fingerprint density at radius 3 is 2.15 bits per heavy atom. The summed E-state index contributed by atoms with van der Waals surface area (Å²) in [6.45, 7) is 14.1. The third kappa shape index (κ3) is 4.98. The van der Waals surface area contributed by atoms with Crippen molar-refractivity contribution in [2.45, 2.75) is 58.0 Å². The van der Waals surface area contributed by atoms with Crippen LogP contribution in [0.4, 0.5) is 0 Å². The zero-order valence-electron chi connectivity index (χ0n) is 13.5. The zero-order valence-corrected chi connectivity index (χ0v) is 14.3. The van der Waals surface area contributed by atoms with Crippen molar-refractivity contribution in [3.05, 3.63) is 5.82 Å². The molecule has 0 atom stereocenters. The van der Waals surface area contributed by atoms with Crippen LogP contribution in [0.5, 0.6) is 0 Å². The van der Waals surface area contributed by atoms with Gasteiger partial charge in [-0.05, 0) is 25.9 Å². The summed E-state index contributed by atoms with van der Waals surface area (Å²) in [5.41, 5.74) is -0.0724. The van der Waals surface area contributed by atoms with Crippen LogP contribution in [0.2, 0.25) is 0 Å². The Labute approximate surface area is 127 Å². The topological polar surface area (TPSA) is 60.0 Å². The molecule has 2 N–H and O–H groups in total. The highest BCUT2D eigenvalue weighted by molar-refractivity contribution is 7.99. The van der Waals surface area contributed by atoms with Gasteiger partial charge in [0.05, 0.1) is 0 Å². The number of nitrogen functional groups attached to an aromatic ring is 1.